The highest BCUT2D eigenvalue weighted by Gasteiger charge is 2.09. The largest absolute Gasteiger partial charge is 0.384 e. The molecular weight excluding hydrogens is 250 g/mol. The molecule has 0 unspecified atom stereocenters. The van der Waals surface area contributed by atoms with Gasteiger partial charge in [0.25, 0.3) is 0 Å². The first-order valence-corrected chi connectivity index (χ1v) is 6.42. The van der Waals surface area contributed by atoms with Crippen molar-refractivity contribution in [1.82, 2.24) is 15.0 Å². The van der Waals surface area contributed by atoms with Crippen LogP contribution in [0.2, 0.25) is 0 Å². The molecule has 100 valence electrons. The van der Waals surface area contributed by atoms with Crippen LogP contribution in [0.3, 0.4) is 0 Å². The highest BCUT2D eigenvalue weighted by Crippen LogP contribution is 2.23. The second-order valence-electron chi connectivity index (χ2n) is 4.63. The summed E-state index contributed by atoms with van der Waals surface area (Å²) in [7, 11) is 0. The molecule has 3 N–H and O–H groups in total. The molecule has 0 saturated heterocycles. The van der Waals surface area contributed by atoms with Gasteiger partial charge in [-0.15, -0.1) is 0 Å². The van der Waals surface area contributed by atoms with E-state index in [0.717, 1.165) is 16.7 Å². The number of hydrogen-bond acceptors (Lipinski definition) is 5. The Morgan fingerprint density at radius 3 is 2.70 bits per heavy atom. The van der Waals surface area contributed by atoms with Crippen molar-refractivity contribution >= 4 is 22.5 Å². The van der Waals surface area contributed by atoms with E-state index < -0.39 is 0 Å². The van der Waals surface area contributed by atoms with E-state index in [2.05, 4.69) is 39.3 Å². The third-order valence-electron chi connectivity index (χ3n) is 3.19. The van der Waals surface area contributed by atoms with Crippen LogP contribution in [0.25, 0.3) is 10.9 Å². The van der Waals surface area contributed by atoms with Gasteiger partial charge < -0.3 is 11.1 Å². The van der Waals surface area contributed by atoms with Gasteiger partial charge in [-0.05, 0) is 12.5 Å². The van der Waals surface area contributed by atoms with E-state index in [1.165, 1.54) is 11.9 Å². The van der Waals surface area contributed by atoms with Gasteiger partial charge in [0.05, 0.1) is 10.9 Å². The van der Waals surface area contributed by atoms with Crippen molar-refractivity contribution in [2.75, 3.05) is 11.1 Å². The van der Waals surface area contributed by atoms with Crippen LogP contribution in [0, 0.1) is 0 Å². The van der Waals surface area contributed by atoms with Crippen LogP contribution in [0.15, 0.2) is 48.9 Å². The van der Waals surface area contributed by atoms with E-state index >= 15 is 0 Å². The zero-order chi connectivity index (χ0) is 13.9. The molecule has 0 radical (unpaired) electrons. The summed E-state index contributed by atoms with van der Waals surface area (Å²) in [4.78, 5) is 12.6. The highest BCUT2D eigenvalue weighted by atomic mass is 15.0. The Morgan fingerprint density at radius 2 is 1.90 bits per heavy atom. The Bertz CT molecular complexity index is 727. The molecule has 0 fully saturated rings. The van der Waals surface area contributed by atoms with Gasteiger partial charge in [0.15, 0.2) is 0 Å². The number of anilines is 2. The number of nitrogens with one attached hydrogen (secondary N) is 1. The van der Waals surface area contributed by atoms with Crippen molar-refractivity contribution in [3.63, 3.8) is 0 Å². The Morgan fingerprint density at radius 1 is 1.10 bits per heavy atom. The van der Waals surface area contributed by atoms with Crippen molar-refractivity contribution in [1.29, 1.82) is 0 Å². The van der Waals surface area contributed by atoms with Crippen LogP contribution in [-0.2, 0) is 0 Å². The van der Waals surface area contributed by atoms with Crippen molar-refractivity contribution < 1.29 is 0 Å². The maximum atomic E-state index is 5.67. The molecule has 0 saturated carbocycles. The second-order valence-corrected chi connectivity index (χ2v) is 4.63. The lowest BCUT2D eigenvalue weighted by Crippen LogP contribution is -2.08. The molecule has 0 bridgehead atoms. The molecule has 5 nitrogen and oxygen atoms in total. The molecule has 0 spiro atoms. The lowest BCUT2D eigenvalue weighted by Gasteiger charge is -2.16. The number of benzene rings is 1. The normalized spacial score (nSPS) is 12.2. The summed E-state index contributed by atoms with van der Waals surface area (Å²) in [6, 6.07) is 12.1. The first-order valence-electron chi connectivity index (χ1n) is 6.42. The fourth-order valence-electron chi connectivity index (χ4n) is 2.11. The summed E-state index contributed by atoms with van der Waals surface area (Å²) in [5, 5.41) is 4.25. The van der Waals surface area contributed by atoms with Crippen LogP contribution < -0.4 is 11.1 Å². The number of pyridine rings is 1. The molecule has 0 aliphatic rings. The quantitative estimate of drug-likeness (QED) is 0.761. The minimum Gasteiger partial charge on any atom is -0.384 e. The lowest BCUT2D eigenvalue weighted by atomic mass is 10.1. The number of hydrogen-bond donors (Lipinski definition) is 2. The molecule has 0 aliphatic carbocycles. The summed E-state index contributed by atoms with van der Waals surface area (Å²) < 4.78 is 0. The van der Waals surface area contributed by atoms with Crippen LogP contribution in [0.5, 0.6) is 0 Å². The first kappa shape index (κ1) is 12.3. The molecule has 2 aromatic heterocycles. The summed E-state index contributed by atoms with van der Waals surface area (Å²) in [6.07, 6.45) is 3.23. The fraction of sp³-hybridized carbons (Fsp3) is 0.133. The van der Waals surface area contributed by atoms with Crippen molar-refractivity contribution in [3.05, 3.63) is 54.5 Å². The van der Waals surface area contributed by atoms with Crippen LogP contribution in [0.4, 0.5) is 11.6 Å². The van der Waals surface area contributed by atoms with Gasteiger partial charge >= 0.3 is 0 Å². The number of nitrogens with two attached hydrogens (primary N) is 1. The minimum absolute atomic E-state index is 0.145. The average Bonchev–Trinajstić information content (AvgIpc) is 2.48. The number of nitrogen functional groups attached to an aromatic ring is 1. The van der Waals surface area contributed by atoms with E-state index in [1.54, 1.807) is 12.3 Å². The molecule has 3 rings (SSSR count). The smallest absolute Gasteiger partial charge is 0.139 e. The van der Waals surface area contributed by atoms with Gasteiger partial charge in [-0.1, -0.05) is 30.3 Å². The van der Waals surface area contributed by atoms with Crippen molar-refractivity contribution in [3.8, 4) is 0 Å². The zero-order valence-corrected chi connectivity index (χ0v) is 11.1. The van der Waals surface area contributed by atoms with E-state index in [4.69, 9.17) is 5.73 Å². The Labute approximate surface area is 116 Å². The number of nitrogens with zero attached hydrogens (tertiary/aromatic N) is 3. The third-order valence-corrected chi connectivity index (χ3v) is 3.19. The van der Waals surface area contributed by atoms with E-state index in [1.807, 2.05) is 18.2 Å². The first-order chi connectivity index (χ1) is 9.74. The van der Waals surface area contributed by atoms with Gasteiger partial charge in [-0.2, -0.15) is 0 Å². The maximum Gasteiger partial charge on any atom is 0.139 e. The van der Waals surface area contributed by atoms with Gasteiger partial charge in [-0.25, -0.2) is 15.0 Å². The lowest BCUT2D eigenvalue weighted by molar-refractivity contribution is 0.875. The molecule has 1 atom stereocenters. The Kier molecular flexibility index (Phi) is 3.16. The van der Waals surface area contributed by atoms with Crippen molar-refractivity contribution in [2.24, 2.45) is 0 Å². The fourth-order valence-corrected chi connectivity index (χ4v) is 2.11. The van der Waals surface area contributed by atoms with E-state index in [-0.39, 0.29) is 6.04 Å². The van der Waals surface area contributed by atoms with Crippen LogP contribution in [0.1, 0.15) is 18.5 Å². The summed E-state index contributed by atoms with van der Waals surface area (Å²) in [5.74, 6) is 1.22. The topological polar surface area (TPSA) is 76.7 Å². The monoisotopic (exact) mass is 265 g/mol. The van der Waals surface area contributed by atoms with Gasteiger partial charge in [-0.3, -0.25) is 0 Å². The molecule has 0 aliphatic heterocycles. The van der Waals surface area contributed by atoms with Crippen LogP contribution in [-0.4, -0.2) is 15.0 Å². The van der Waals surface area contributed by atoms with Crippen molar-refractivity contribution in [2.45, 2.75) is 13.0 Å². The van der Waals surface area contributed by atoms with E-state index in [0.29, 0.717) is 5.82 Å². The van der Waals surface area contributed by atoms with E-state index in [9.17, 15) is 0 Å². The number of rotatable bonds is 3. The minimum atomic E-state index is 0.145. The zero-order valence-electron chi connectivity index (χ0n) is 11.1. The third kappa shape index (κ3) is 2.38. The number of aromatic nitrogens is 3. The SMILES string of the molecule is C[C@@H](Nc1ncnc2cc(N)ncc12)c1ccccc1. The predicted octanol–water partition coefficient (Wildman–Crippen LogP) is 2.78. The van der Waals surface area contributed by atoms with Gasteiger partial charge in [0, 0.05) is 18.3 Å². The Hall–Kier alpha value is -2.69. The maximum absolute atomic E-state index is 5.67. The molecule has 3 aromatic rings. The Balaban J connectivity index is 1.95. The predicted molar refractivity (Wildman–Crippen MR) is 80.2 cm³/mol. The molecular formula is C15H15N5. The van der Waals surface area contributed by atoms with Gasteiger partial charge in [0.2, 0.25) is 0 Å². The molecule has 0 amide bonds. The molecule has 5 heteroatoms. The number of fused-ring (bicyclic) bond motifs is 1. The molecule has 20 heavy (non-hydrogen) atoms. The highest BCUT2D eigenvalue weighted by molar-refractivity contribution is 5.89. The standard InChI is InChI=1S/C15H15N5/c1-10(11-5-3-2-4-6-11)20-15-12-8-17-14(16)7-13(12)18-9-19-15/h2-10H,1H3,(H2,16,17)(H,18,19,20)/t10-/m1/s1. The average molecular weight is 265 g/mol. The second kappa shape index (κ2) is 5.13. The molecule has 2 heterocycles. The summed E-state index contributed by atoms with van der Waals surface area (Å²) in [6.45, 7) is 2.09. The molecule has 1 aromatic carbocycles. The summed E-state index contributed by atoms with van der Waals surface area (Å²) in [5.41, 5.74) is 7.66. The van der Waals surface area contributed by atoms with Gasteiger partial charge in [0.1, 0.15) is 18.0 Å². The summed E-state index contributed by atoms with van der Waals surface area (Å²) >= 11 is 0. The van der Waals surface area contributed by atoms with Crippen LogP contribution >= 0.6 is 0 Å².